The largest absolute Gasteiger partial charge is 0.514 e. The first-order valence-corrected chi connectivity index (χ1v) is 12.8. The van der Waals surface area contributed by atoms with Gasteiger partial charge in [-0.3, -0.25) is 9.59 Å². The van der Waals surface area contributed by atoms with Crippen molar-refractivity contribution >= 4 is 24.2 Å². The number of carboxylic acids is 1. The Balaban J connectivity index is 3.45. The zero-order valence-electron chi connectivity index (χ0n) is 24.6. The SMILES string of the molecule is CCC(C)(C)C(=O)OCC(C)C(c1ccc(OC(=O)OC(C)(C)C)c(OC(=O)OC(C)(C)C)c1)[C@H](N)C(=O)O. The molecule has 0 saturated heterocycles. The van der Waals surface area contributed by atoms with Crippen molar-refractivity contribution in [2.45, 2.75) is 98.8 Å². The summed E-state index contributed by atoms with van der Waals surface area (Å²) in [7, 11) is 0. The van der Waals surface area contributed by atoms with Crippen molar-refractivity contribution in [2.75, 3.05) is 6.61 Å². The van der Waals surface area contributed by atoms with E-state index in [0.29, 0.717) is 12.0 Å². The highest BCUT2D eigenvalue weighted by Crippen LogP contribution is 2.36. The monoisotopic (exact) mass is 553 g/mol. The van der Waals surface area contributed by atoms with E-state index in [9.17, 15) is 24.3 Å². The Morgan fingerprint density at radius 2 is 1.36 bits per heavy atom. The van der Waals surface area contributed by atoms with Gasteiger partial charge in [-0.2, -0.15) is 0 Å². The number of hydrogen-bond donors (Lipinski definition) is 2. The number of ether oxygens (including phenoxy) is 5. The van der Waals surface area contributed by atoms with E-state index in [1.807, 2.05) is 6.92 Å². The van der Waals surface area contributed by atoms with Gasteiger partial charge in [-0.05, 0) is 85.4 Å². The van der Waals surface area contributed by atoms with Crippen LogP contribution in [0.1, 0.15) is 87.1 Å². The Labute approximate surface area is 230 Å². The van der Waals surface area contributed by atoms with E-state index in [0.717, 1.165) is 0 Å². The molecule has 0 aliphatic rings. The maximum absolute atomic E-state index is 12.5. The fourth-order valence-electron chi connectivity index (χ4n) is 3.31. The van der Waals surface area contributed by atoms with E-state index in [1.54, 1.807) is 62.3 Å². The molecule has 39 heavy (non-hydrogen) atoms. The van der Waals surface area contributed by atoms with Crippen LogP contribution >= 0.6 is 0 Å². The summed E-state index contributed by atoms with van der Waals surface area (Å²) in [5.74, 6) is -3.52. The summed E-state index contributed by atoms with van der Waals surface area (Å²) in [6.45, 7) is 16.9. The Kier molecular flexibility index (Phi) is 11.4. The lowest BCUT2D eigenvalue weighted by molar-refractivity contribution is -0.155. The summed E-state index contributed by atoms with van der Waals surface area (Å²) in [6, 6.07) is 2.76. The minimum Gasteiger partial charge on any atom is -0.480 e. The Morgan fingerprint density at radius 1 is 0.872 bits per heavy atom. The first-order chi connectivity index (χ1) is 17.7. The van der Waals surface area contributed by atoms with Crippen LogP contribution in [-0.2, 0) is 23.8 Å². The van der Waals surface area contributed by atoms with Crippen LogP contribution in [0.3, 0.4) is 0 Å². The van der Waals surface area contributed by atoms with Gasteiger partial charge in [0, 0.05) is 5.92 Å². The molecule has 0 amide bonds. The molecule has 0 fully saturated rings. The molecule has 1 aromatic carbocycles. The van der Waals surface area contributed by atoms with Gasteiger partial charge < -0.3 is 34.5 Å². The molecular weight excluding hydrogens is 510 g/mol. The molecule has 0 aliphatic carbocycles. The molecule has 3 atom stereocenters. The Bertz CT molecular complexity index is 1040. The van der Waals surface area contributed by atoms with Crippen LogP contribution in [-0.4, -0.2) is 53.2 Å². The zero-order chi connectivity index (χ0) is 30.3. The summed E-state index contributed by atoms with van der Waals surface area (Å²) >= 11 is 0. The number of carbonyl (C=O) groups is 4. The topological polar surface area (TPSA) is 161 Å². The molecule has 1 rings (SSSR count). The van der Waals surface area contributed by atoms with Crippen LogP contribution in [0, 0.1) is 11.3 Å². The van der Waals surface area contributed by atoms with Crippen LogP contribution in [0.25, 0.3) is 0 Å². The van der Waals surface area contributed by atoms with Crippen LogP contribution in [0.4, 0.5) is 9.59 Å². The molecule has 3 N–H and O–H groups in total. The highest BCUT2D eigenvalue weighted by Gasteiger charge is 2.34. The molecule has 0 radical (unpaired) electrons. The second kappa shape index (κ2) is 13.1. The normalized spacial score (nSPS) is 14.4. The molecule has 0 saturated carbocycles. The number of aliphatic carboxylic acids is 1. The summed E-state index contributed by atoms with van der Waals surface area (Å²) in [5.41, 5.74) is 3.97. The Hall–Kier alpha value is -3.34. The van der Waals surface area contributed by atoms with Gasteiger partial charge in [-0.1, -0.05) is 19.9 Å². The number of carboxylic acid groups (broad SMARTS) is 1. The summed E-state index contributed by atoms with van der Waals surface area (Å²) in [5, 5.41) is 9.71. The van der Waals surface area contributed by atoms with E-state index in [-0.39, 0.29) is 18.1 Å². The van der Waals surface area contributed by atoms with Crippen molar-refractivity contribution in [3.8, 4) is 11.5 Å². The van der Waals surface area contributed by atoms with Gasteiger partial charge in [0.05, 0.1) is 12.0 Å². The van der Waals surface area contributed by atoms with Gasteiger partial charge in [0.1, 0.15) is 17.2 Å². The van der Waals surface area contributed by atoms with E-state index in [4.69, 9.17) is 29.4 Å². The number of esters is 1. The number of rotatable bonds is 10. The maximum Gasteiger partial charge on any atom is 0.514 e. The van der Waals surface area contributed by atoms with Crippen molar-refractivity contribution in [1.82, 2.24) is 0 Å². The lowest BCUT2D eigenvalue weighted by atomic mass is 9.81. The van der Waals surface area contributed by atoms with Crippen molar-refractivity contribution < 1.29 is 48.0 Å². The number of nitrogens with two attached hydrogens (primary N) is 1. The molecule has 0 spiro atoms. The van der Waals surface area contributed by atoms with E-state index >= 15 is 0 Å². The summed E-state index contributed by atoms with van der Waals surface area (Å²) in [6.07, 6.45) is -1.55. The maximum atomic E-state index is 12.5. The quantitative estimate of drug-likeness (QED) is 0.216. The first-order valence-electron chi connectivity index (χ1n) is 12.8. The molecule has 11 nitrogen and oxygen atoms in total. The molecule has 1 aromatic rings. The lowest BCUT2D eigenvalue weighted by Gasteiger charge is -2.29. The predicted octanol–water partition coefficient (Wildman–Crippen LogP) is 5.43. The lowest BCUT2D eigenvalue weighted by Crippen LogP contribution is -2.41. The van der Waals surface area contributed by atoms with Gasteiger partial charge in [-0.25, -0.2) is 9.59 Å². The van der Waals surface area contributed by atoms with Crippen molar-refractivity contribution in [3.05, 3.63) is 23.8 Å². The van der Waals surface area contributed by atoms with Gasteiger partial charge >= 0.3 is 24.2 Å². The van der Waals surface area contributed by atoms with Gasteiger partial charge in [0.25, 0.3) is 0 Å². The van der Waals surface area contributed by atoms with Crippen LogP contribution in [0.15, 0.2) is 18.2 Å². The smallest absolute Gasteiger partial charge is 0.480 e. The predicted molar refractivity (Wildman–Crippen MR) is 143 cm³/mol. The molecule has 11 heteroatoms. The standard InChI is InChI=1S/C28H43NO10/c1-11-28(9,10)23(32)35-15-16(2)20(21(29)22(30)31)17-12-13-18(36-24(33)38-26(3,4)5)19(14-17)37-25(34)39-27(6,7)8/h12-14,16,20-21H,11,15,29H2,1-10H3,(H,30,31)/t16?,20?,21-/m0/s1. The highest BCUT2D eigenvalue weighted by molar-refractivity contribution is 5.76. The summed E-state index contributed by atoms with van der Waals surface area (Å²) < 4.78 is 26.5. The first kappa shape index (κ1) is 33.7. The molecule has 0 bridgehead atoms. The zero-order valence-corrected chi connectivity index (χ0v) is 24.6. The molecule has 0 aliphatic heterocycles. The minimum atomic E-state index is -1.40. The van der Waals surface area contributed by atoms with Gasteiger partial charge in [0.15, 0.2) is 11.5 Å². The van der Waals surface area contributed by atoms with Crippen molar-refractivity contribution in [3.63, 3.8) is 0 Å². The number of carbonyl (C=O) groups excluding carboxylic acids is 3. The van der Waals surface area contributed by atoms with Gasteiger partial charge in [0.2, 0.25) is 0 Å². The third-order valence-corrected chi connectivity index (χ3v) is 5.72. The van der Waals surface area contributed by atoms with Crippen LogP contribution < -0.4 is 15.2 Å². The van der Waals surface area contributed by atoms with Crippen molar-refractivity contribution in [1.29, 1.82) is 0 Å². The number of hydrogen-bond acceptors (Lipinski definition) is 10. The fourth-order valence-corrected chi connectivity index (χ4v) is 3.31. The van der Waals surface area contributed by atoms with E-state index < -0.39 is 58.7 Å². The molecule has 220 valence electrons. The third kappa shape index (κ3) is 11.1. The van der Waals surface area contributed by atoms with E-state index in [2.05, 4.69) is 0 Å². The fraction of sp³-hybridized carbons (Fsp3) is 0.643. The van der Waals surface area contributed by atoms with Crippen LogP contribution in [0.5, 0.6) is 11.5 Å². The number of benzene rings is 1. The van der Waals surface area contributed by atoms with Crippen LogP contribution in [0.2, 0.25) is 0 Å². The highest BCUT2D eigenvalue weighted by atomic mass is 16.8. The molecular formula is C28H43NO10. The summed E-state index contributed by atoms with van der Waals surface area (Å²) in [4.78, 5) is 49.2. The average molecular weight is 554 g/mol. The third-order valence-electron chi connectivity index (χ3n) is 5.72. The molecule has 2 unspecified atom stereocenters. The second-order valence-corrected chi connectivity index (χ2v) is 12.0. The Morgan fingerprint density at radius 3 is 1.79 bits per heavy atom. The van der Waals surface area contributed by atoms with Gasteiger partial charge in [-0.15, -0.1) is 0 Å². The van der Waals surface area contributed by atoms with E-state index in [1.165, 1.54) is 18.2 Å². The molecule has 0 heterocycles. The van der Waals surface area contributed by atoms with Crippen molar-refractivity contribution in [2.24, 2.45) is 17.1 Å². The molecule has 0 aromatic heterocycles. The minimum absolute atomic E-state index is 0.105. The average Bonchev–Trinajstić information content (AvgIpc) is 2.76. The second-order valence-electron chi connectivity index (χ2n) is 12.0.